The van der Waals surface area contributed by atoms with Crippen molar-refractivity contribution in [1.82, 2.24) is 10.3 Å². The largest absolute Gasteiger partial charge is 0.507 e. The summed E-state index contributed by atoms with van der Waals surface area (Å²) in [5.41, 5.74) is 4.16. The smallest absolute Gasteiger partial charge is 0.257 e. The van der Waals surface area contributed by atoms with Gasteiger partial charge in [-0.15, -0.1) is 0 Å². The van der Waals surface area contributed by atoms with Gasteiger partial charge in [0.05, 0.1) is 22.7 Å². The van der Waals surface area contributed by atoms with Crippen LogP contribution < -0.4 is 15.4 Å². The predicted octanol–water partition coefficient (Wildman–Crippen LogP) is 6.51. The van der Waals surface area contributed by atoms with Crippen molar-refractivity contribution in [1.29, 1.82) is 0 Å². The van der Waals surface area contributed by atoms with Crippen LogP contribution in [0.25, 0.3) is 22.6 Å². The summed E-state index contributed by atoms with van der Waals surface area (Å²) in [6, 6.07) is 12.0. The van der Waals surface area contributed by atoms with Crippen LogP contribution in [0, 0.1) is 6.92 Å². The first kappa shape index (κ1) is 24.8. The third kappa shape index (κ3) is 5.19. The molecule has 1 aromatic heterocycles. The number of aromatic hydroxyl groups is 1. The average molecular weight is 530 g/mol. The highest BCUT2D eigenvalue weighted by atomic mass is 35.5. The Bertz CT molecular complexity index is 1450. The van der Waals surface area contributed by atoms with Gasteiger partial charge in [0.25, 0.3) is 5.91 Å². The van der Waals surface area contributed by atoms with E-state index in [2.05, 4.69) is 22.5 Å². The molecule has 0 fully saturated rings. The van der Waals surface area contributed by atoms with Gasteiger partial charge >= 0.3 is 0 Å². The molecule has 0 aliphatic heterocycles. The van der Waals surface area contributed by atoms with Crippen LogP contribution in [0.15, 0.2) is 46.9 Å². The van der Waals surface area contributed by atoms with Crippen LogP contribution in [0.5, 0.6) is 11.5 Å². The van der Waals surface area contributed by atoms with Crippen molar-refractivity contribution < 1.29 is 19.1 Å². The zero-order chi connectivity index (χ0) is 25.3. The number of ether oxygens (including phenoxy) is 1. The van der Waals surface area contributed by atoms with E-state index >= 15 is 0 Å². The fraction of sp³-hybridized carbons (Fsp3) is 0.160. The van der Waals surface area contributed by atoms with Gasteiger partial charge < -0.3 is 19.6 Å². The van der Waals surface area contributed by atoms with E-state index in [1.807, 2.05) is 18.2 Å². The molecule has 0 aliphatic rings. The number of fused-ring (bicyclic) bond motifs is 1. The zero-order valence-electron chi connectivity index (χ0n) is 19.0. The molecule has 3 aromatic carbocycles. The second kappa shape index (κ2) is 10.1. The van der Waals surface area contributed by atoms with E-state index in [9.17, 15) is 9.90 Å². The molecule has 180 valence electrons. The molecule has 4 rings (SSSR count). The third-order valence-electron chi connectivity index (χ3n) is 5.34. The van der Waals surface area contributed by atoms with E-state index in [4.69, 9.17) is 44.6 Å². The molecule has 35 heavy (non-hydrogen) atoms. The monoisotopic (exact) mass is 529 g/mol. The number of hydrogen-bond acceptors (Lipinski definition) is 6. The number of aryl methyl sites for hydroxylation is 2. The number of nitrogens with zero attached hydrogens (tertiary/aromatic N) is 1. The van der Waals surface area contributed by atoms with Crippen molar-refractivity contribution in [2.24, 2.45) is 0 Å². The van der Waals surface area contributed by atoms with Gasteiger partial charge in [-0.25, -0.2) is 4.98 Å². The highest BCUT2D eigenvalue weighted by Crippen LogP contribution is 2.36. The Kier molecular flexibility index (Phi) is 7.16. The molecule has 10 heteroatoms. The molecule has 0 atom stereocenters. The number of thiocarbonyl (C=S) groups is 1. The van der Waals surface area contributed by atoms with Crippen LogP contribution in [-0.4, -0.2) is 28.2 Å². The molecule has 0 radical (unpaired) electrons. The lowest BCUT2D eigenvalue weighted by atomic mass is 10.1. The van der Waals surface area contributed by atoms with Crippen molar-refractivity contribution in [3.63, 3.8) is 0 Å². The number of methoxy groups -OCH3 is 1. The number of hydrogen-bond donors (Lipinski definition) is 3. The van der Waals surface area contributed by atoms with Gasteiger partial charge in [-0.3, -0.25) is 10.1 Å². The highest BCUT2D eigenvalue weighted by Gasteiger charge is 2.18. The van der Waals surface area contributed by atoms with E-state index in [1.165, 1.54) is 19.2 Å². The standard InChI is InChI=1S/C25H21Cl2N3O4S/c1-4-13-5-6-20-19(8-13)29-24(34-20)16-11-15(7-12(2)21(16)31)28-25(35)30-23(32)14-9-17(26)22(33-3)18(27)10-14/h5-11,31H,4H2,1-3H3,(H2,28,30,32,35). The minimum absolute atomic E-state index is 0.0373. The van der Waals surface area contributed by atoms with Gasteiger partial charge in [0.15, 0.2) is 16.4 Å². The highest BCUT2D eigenvalue weighted by molar-refractivity contribution is 7.80. The van der Waals surface area contributed by atoms with Crippen molar-refractivity contribution in [3.05, 3.63) is 69.2 Å². The molecule has 0 saturated carbocycles. The Morgan fingerprint density at radius 3 is 2.54 bits per heavy atom. The van der Waals surface area contributed by atoms with Crippen molar-refractivity contribution >= 4 is 63.2 Å². The lowest BCUT2D eigenvalue weighted by molar-refractivity contribution is 0.0977. The van der Waals surface area contributed by atoms with Crippen LogP contribution in [0.1, 0.15) is 28.4 Å². The van der Waals surface area contributed by atoms with Gasteiger partial charge in [0.1, 0.15) is 11.3 Å². The fourth-order valence-corrected chi connectivity index (χ4v) is 4.40. The SMILES string of the molecule is CCc1ccc2oc(-c3cc(NC(=S)NC(=O)c4cc(Cl)c(OC)c(Cl)c4)cc(C)c3O)nc2c1. The molecule has 0 unspecified atom stereocenters. The molecule has 4 aromatic rings. The maximum absolute atomic E-state index is 12.6. The topological polar surface area (TPSA) is 96.6 Å². The predicted molar refractivity (Wildman–Crippen MR) is 142 cm³/mol. The summed E-state index contributed by atoms with van der Waals surface area (Å²) in [5, 5.41) is 16.6. The van der Waals surface area contributed by atoms with E-state index in [0.717, 1.165) is 12.0 Å². The number of rotatable bonds is 5. The first-order valence-corrected chi connectivity index (χ1v) is 11.7. The van der Waals surface area contributed by atoms with Crippen LogP contribution in [0.3, 0.4) is 0 Å². The van der Waals surface area contributed by atoms with Crippen molar-refractivity contribution in [2.75, 3.05) is 12.4 Å². The number of amides is 1. The molecular weight excluding hydrogens is 509 g/mol. The molecule has 3 N–H and O–H groups in total. The molecule has 1 amide bonds. The Morgan fingerprint density at radius 1 is 1.17 bits per heavy atom. The number of phenolic OH excluding ortho intramolecular Hbond substituents is 1. The maximum Gasteiger partial charge on any atom is 0.257 e. The van der Waals surface area contributed by atoms with Gasteiger partial charge in [0.2, 0.25) is 5.89 Å². The summed E-state index contributed by atoms with van der Waals surface area (Å²) in [7, 11) is 1.43. The Morgan fingerprint density at radius 2 is 1.89 bits per heavy atom. The summed E-state index contributed by atoms with van der Waals surface area (Å²) in [6.07, 6.45) is 0.875. The van der Waals surface area contributed by atoms with E-state index in [-0.39, 0.29) is 38.1 Å². The second-order valence-corrected chi connectivity index (χ2v) is 8.97. The Balaban J connectivity index is 1.56. The van der Waals surface area contributed by atoms with Crippen molar-refractivity contribution in [3.8, 4) is 23.0 Å². The van der Waals surface area contributed by atoms with Gasteiger partial charge in [0, 0.05) is 11.3 Å². The number of carbonyl (C=O) groups is 1. The number of oxazole rings is 1. The molecular formula is C25H21Cl2N3O4S. The number of nitrogens with one attached hydrogen (secondary N) is 2. The summed E-state index contributed by atoms with van der Waals surface area (Å²) in [6.45, 7) is 3.80. The molecule has 1 heterocycles. The number of aromatic nitrogens is 1. The van der Waals surface area contributed by atoms with Crippen LogP contribution in [0.4, 0.5) is 5.69 Å². The van der Waals surface area contributed by atoms with E-state index < -0.39 is 5.91 Å². The zero-order valence-corrected chi connectivity index (χ0v) is 21.4. The third-order valence-corrected chi connectivity index (χ3v) is 6.11. The number of anilines is 1. The van der Waals surface area contributed by atoms with E-state index in [0.29, 0.717) is 27.9 Å². The Hall–Kier alpha value is -3.33. The molecule has 0 bridgehead atoms. The normalized spacial score (nSPS) is 10.9. The number of benzene rings is 3. The summed E-state index contributed by atoms with van der Waals surface area (Å²) < 4.78 is 11.0. The van der Waals surface area contributed by atoms with Crippen molar-refractivity contribution in [2.45, 2.75) is 20.3 Å². The minimum atomic E-state index is -0.504. The summed E-state index contributed by atoms with van der Waals surface area (Å²) >= 11 is 17.6. The number of halogens is 2. The van der Waals surface area contributed by atoms with Crippen LogP contribution in [0.2, 0.25) is 10.0 Å². The first-order chi connectivity index (χ1) is 16.7. The molecule has 0 aliphatic carbocycles. The summed E-state index contributed by atoms with van der Waals surface area (Å²) in [4.78, 5) is 17.2. The molecule has 0 saturated heterocycles. The Labute approximate surface area is 217 Å². The van der Waals surface area contributed by atoms with Gasteiger partial charge in [-0.1, -0.05) is 36.2 Å². The van der Waals surface area contributed by atoms with Gasteiger partial charge in [-0.05, 0) is 73.1 Å². The maximum atomic E-state index is 12.6. The number of carbonyl (C=O) groups excluding carboxylic acids is 1. The van der Waals surface area contributed by atoms with Crippen LogP contribution in [-0.2, 0) is 6.42 Å². The second-order valence-electron chi connectivity index (χ2n) is 7.75. The van der Waals surface area contributed by atoms with E-state index in [1.54, 1.807) is 19.1 Å². The molecule has 0 spiro atoms. The van der Waals surface area contributed by atoms with Gasteiger partial charge in [-0.2, -0.15) is 0 Å². The minimum Gasteiger partial charge on any atom is -0.507 e. The lowest BCUT2D eigenvalue weighted by Gasteiger charge is -2.13. The van der Waals surface area contributed by atoms with Crippen LogP contribution >= 0.6 is 35.4 Å². The fourth-order valence-electron chi connectivity index (χ4n) is 3.55. The summed E-state index contributed by atoms with van der Waals surface area (Å²) in [5.74, 6) is 0.0865. The molecule has 7 nitrogen and oxygen atoms in total. The number of phenols is 1. The lowest BCUT2D eigenvalue weighted by Crippen LogP contribution is -2.34. The first-order valence-electron chi connectivity index (χ1n) is 10.6. The quantitative estimate of drug-likeness (QED) is 0.200. The average Bonchev–Trinajstić information content (AvgIpc) is 3.24.